The summed E-state index contributed by atoms with van der Waals surface area (Å²) in [6.07, 6.45) is 0. The lowest BCUT2D eigenvalue weighted by molar-refractivity contribution is 0.651. The number of hydrogen-bond acceptors (Lipinski definition) is 3. The molecule has 5 heteroatoms. The zero-order valence-corrected chi connectivity index (χ0v) is 32.7. The lowest BCUT2D eigenvalue weighted by Crippen LogP contribution is -2.03. The number of furan rings is 1. The van der Waals surface area contributed by atoms with Crippen LogP contribution in [0, 0.1) is 0 Å². The van der Waals surface area contributed by atoms with Gasteiger partial charge in [-0.3, -0.25) is 4.57 Å². The first kappa shape index (κ1) is 32.7. The summed E-state index contributed by atoms with van der Waals surface area (Å²) >= 11 is 0. The van der Waals surface area contributed by atoms with Crippen molar-refractivity contribution in [2.75, 3.05) is 0 Å². The van der Waals surface area contributed by atoms with Crippen molar-refractivity contribution in [2.45, 2.75) is 0 Å². The van der Waals surface area contributed by atoms with E-state index in [0.29, 0.717) is 11.7 Å². The smallest absolute Gasteiger partial charge is 0.238 e. The fourth-order valence-corrected chi connectivity index (χ4v) is 10.4. The predicted molar refractivity (Wildman–Crippen MR) is 251 cm³/mol. The lowest BCUT2D eigenvalue weighted by Gasteiger charge is -2.14. The van der Waals surface area contributed by atoms with E-state index in [2.05, 4.69) is 191 Å². The number of para-hydroxylation sites is 4. The fraction of sp³-hybridized carbons (Fsp3) is 0. The molecule has 0 N–H and O–H groups in total. The molecule has 61 heavy (non-hydrogen) atoms. The van der Waals surface area contributed by atoms with Crippen molar-refractivity contribution >= 4 is 76.5 Å². The van der Waals surface area contributed by atoms with Gasteiger partial charge in [0.2, 0.25) is 11.7 Å². The van der Waals surface area contributed by atoms with E-state index in [1.165, 1.54) is 66.3 Å². The molecule has 0 saturated heterocycles. The molecule has 1 aliphatic rings. The number of fused-ring (bicyclic) bond motifs is 16. The zero-order valence-electron chi connectivity index (χ0n) is 32.7. The average molecular weight is 777 g/mol. The topological polar surface area (TPSA) is 48.8 Å². The van der Waals surface area contributed by atoms with Gasteiger partial charge in [-0.05, 0) is 63.4 Å². The van der Waals surface area contributed by atoms with Gasteiger partial charge >= 0.3 is 0 Å². The van der Waals surface area contributed by atoms with E-state index < -0.39 is 0 Å². The molecule has 0 bridgehead atoms. The Morgan fingerprint density at radius 3 is 1.80 bits per heavy atom. The Morgan fingerprint density at radius 2 is 0.984 bits per heavy atom. The molecule has 0 amide bonds. The molecule has 9 aromatic carbocycles. The highest BCUT2D eigenvalue weighted by Gasteiger charge is 2.30. The van der Waals surface area contributed by atoms with Crippen molar-refractivity contribution in [3.63, 3.8) is 0 Å². The van der Waals surface area contributed by atoms with Crippen LogP contribution in [0.25, 0.3) is 133 Å². The maximum Gasteiger partial charge on any atom is 0.238 e. The Balaban J connectivity index is 1.15. The lowest BCUT2D eigenvalue weighted by atomic mass is 9.91. The van der Waals surface area contributed by atoms with Crippen molar-refractivity contribution in [2.24, 2.45) is 0 Å². The van der Waals surface area contributed by atoms with Gasteiger partial charge < -0.3 is 8.98 Å². The molecule has 13 aromatic rings. The second-order valence-electron chi connectivity index (χ2n) is 16.0. The molecular weight excluding hydrogens is 745 g/mol. The predicted octanol–water partition coefficient (Wildman–Crippen LogP) is 14.7. The molecule has 0 unspecified atom stereocenters. The number of hydrogen-bond donors (Lipinski definition) is 0. The van der Waals surface area contributed by atoms with E-state index in [-0.39, 0.29) is 0 Å². The minimum absolute atomic E-state index is 0.556. The van der Waals surface area contributed by atoms with Crippen LogP contribution in [0.3, 0.4) is 0 Å². The molecule has 1 aliphatic heterocycles. The summed E-state index contributed by atoms with van der Waals surface area (Å²) in [5, 5.41) is 8.86. The molecule has 282 valence electrons. The molecule has 0 atom stereocenters. The van der Waals surface area contributed by atoms with Crippen LogP contribution in [0.2, 0.25) is 0 Å². The van der Waals surface area contributed by atoms with E-state index in [1.807, 2.05) is 12.1 Å². The molecule has 5 heterocycles. The van der Waals surface area contributed by atoms with Crippen LogP contribution in [-0.2, 0) is 0 Å². The number of aromatic nitrogens is 4. The molecule has 0 saturated carbocycles. The maximum absolute atomic E-state index is 6.70. The minimum atomic E-state index is 0.556. The van der Waals surface area contributed by atoms with Gasteiger partial charge in [0.25, 0.3) is 0 Å². The fourth-order valence-electron chi connectivity index (χ4n) is 10.4. The van der Waals surface area contributed by atoms with Crippen LogP contribution in [0.15, 0.2) is 199 Å². The van der Waals surface area contributed by atoms with E-state index >= 15 is 0 Å². The van der Waals surface area contributed by atoms with Gasteiger partial charge in [0, 0.05) is 43.6 Å². The second kappa shape index (κ2) is 12.1. The molecule has 14 rings (SSSR count). The summed E-state index contributed by atoms with van der Waals surface area (Å²) in [6, 6.07) is 69.5. The van der Waals surface area contributed by atoms with Gasteiger partial charge in [0.1, 0.15) is 5.58 Å². The van der Waals surface area contributed by atoms with Gasteiger partial charge in [-0.2, -0.15) is 4.98 Å². The van der Waals surface area contributed by atoms with Crippen LogP contribution < -0.4 is 0 Å². The third-order valence-electron chi connectivity index (χ3n) is 12.9. The molecule has 0 radical (unpaired) electrons. The summed E-state index contributed by atoms with van der Waals surface area (Å²) in [5.41, 5.74) is 16.0. The highest BCUT2D eigenvalue weighted by molar-refractivity contribution is 6.28. The summed E-state index contributed by atoms with van der Waals surface area (Å²) in [7, 11) is 0. The van der Waals surface area contributed by atoms with Gasteiger partial charge in [-0.25, -0.2) is 4.98 Å². The largest absolute Gasteiger partial charge is 0.437 e. The SMILES string of the molecule is c1ccc(-c2ccc(-c3nc(-n4c5ccccc5c5c6c7c(cc54)c4ccccc4n7-c4ccccc4-c4ccccc4-6)nc4oc5ccccc5c34)c3ccccc23)cc1. The van der Waals surface area contributed by atoms with Crippen molar-refractivity contribution in [3.05, 3.63) is 194 Å². The summed E-state index contributed by atoms with van der Waals surface area (Å²) in [4.78, 5) is 11.1. The van der Waals surface area contributed by atoms with Crippen molar-refractivity contribution in [1.29, 1.82) is 0 Å². The molecule has 0 fully saturated rings. The average Bonchev–Trinajstić information content (AvgIpc) is 3.95. The van der Waals surface area contributed by atoms with E-state index in [9.17, 15) is 0 Å². The Hall–Kier alpha value is -8.28. The summed E-state index contributed by atoms with van der Waals surface area (Å²) in [6.45, 7) is 0. The highest BCUT2D eigenvalue weighted by Crippen LogP contribution is 2.52. The van der Waals surface area contributed by atoms with Crippen LogP contribution in [0.4, 0.5) is 0 Å². The molecule has 0 aliphatic carbocycles. The Labute approximate surface area is 349 Å². The van der Waals surface area contributed by atoms with E-state index in [4.69, 9.17) is 14.4 Å². The van der Waals surface area contributed by atoms with Crippen LogP contribution in [0.1, 0.15) is 0 Å². The molecule has 5 nitrogen and oxygen atoms in total. The zero-order chi connectivity index (χ0) is 39.8. The first-order valence-corrected chi connectivity index (χ1v) is 20.8. The number of rotatable bonds is 3. The van der Waals surface area contributed by atoms with Crippen molar-refractivity contribution < 1.29 is 4.42 Å². The van der Waals surface area contributed by atoms with Gasteiger partial charge in [-0.15, -0.1) is 0 Å². The van der Waals surface area contributed by atoms with Gasteiger partial charge in [-0.1, -0.05) is 164 Å². The highest BCUT2D eigenvalue weighted by atomic mass is 16.3. The normalized spacial score (nSPS) is 12.3. The minimum Gasteiger partial charge on any atom is -0.437 e. The third kappa shape index (κ3) is 4.39. The first-order chi connectivity index (χ1) is 30.3. The number of benzene rings is 9. The summed E-state index contributed by atoms with van der Waals surface area (Å²) in [5.74, 6) is 0.560. The Kier molecular flexibility index (Phi) is 6.49. The van der Waals surface area contributed by atoms with Gasteiger partial charge in [0.05, 0.1) is 38.8 Å². The Morgan fingerprint density at radius 1 is 0.377 bits per heavy atom. The second-order valence-corrected chi connectivity index (χ2v) is 16.0. The Bertz CT molecular complexity index is 4000. The van der Waals surface area contributed by atoms with Crippen LogP contribution >= 0.6 is 0 Å². The third-order valence-corrected chi connectivity index (χ3v) is 12.9. The van der Waals surface area contributed by atoms with Crippen molar-refractivity contribution in [3.8, 4) is 56.3 Å². The van der Waals surface area contributed by atoms with E-state index in [0.717, 1.165) is 54.8 Å². The van der Waals surface area contributed by atoms with E-state index in [1.54, 1.807) is 0 Å². The standard InChI is InChI=1S/C56H32N4O/c1-2-16-33(17-3-1)34-30-31-41(36-19-5-4-18-35(34)36)53-52-43-25-11-15-29-49(43)61-55(52)58-56(57-53)60-47-28-14-10-24-42(47)50-48(60)32-44-39-22-9-13-27-46(39)59-45-26-12-8-21-38(45)37-20-6-7-23-40(37)51(50)54(44)59/h1-32H. The van der Waals surface area contributed by atoms with Crippen molar-refractivity contribution in [1.82, 2.24) is 19.1 Å². The molecule has 4 aromatic heterocycles. The molecular formula is C56H32N4O. The van der Waals surface area contributed by atoms with Gasteiger partial charge in [0.15, 0.2) is 0 Å². The number of nitrogens with zero attached hydrogens (tertiary/aromatic N) is 4. The van der Waals surface area contributed by atoms with Crippen LogP contribution in [0.5, 0.6) is 0 Å². The maximum atomic E-state index is 6.70. The molecule has 0 spiro atoms. The first-order valence-electron chi connectivity index (χ1n) is 20.8. The summed E-state index contributed by atoms with van der Waals surface area (Å²) < 4.78 is 11.5. The van der Waals surface area contributed by atoms with Crippen LogP contribution in [-0.4, -0.2) is 19.1 Å². The quantitative estimate of drug-likeness (QED) is 0.180. The monoisotopic (exact) mass is 776 g/mol.